The fourth-order valence-corrected chi connectivity index (χ4v) is 8.79. The van der Waals surface area contributed by atoms with Crippen LogP contribution < -0.4 is 34.4 Å². The second-order valence-electron chi connectivity index (χ2n) is 17.8. The van der Waals surface area contributed by atoms with Gasteiger partial charge in [0.2, 0.25) is 11.4 Å². The number of nitrogens with zero attached hydrogens (tertiary/aromatic N) is 2. The van der Waals surface area contributed by atoms with Gasteiger partial charge in [-0.1, -0.05) is 0 Å². The van der Waals surface area contributed by atoms with Crippen molar-refractivity contribution >= 4 is 0 Å². The van der Waals surface area contributed by atoms with Crippen molar-refractivity contribution in [2.24, 2.45) is 44.6 Å². The Morgan fingerprint density at radius 2 is 0.614 bits per heavy atom. The van der Waals surface area contributed by atoms with Crippen LogP contribution in [0.1, 0.15) is 0 Å². The summed E-state index contributed by atoms with van der Waals surface area (Å²) in [5.74, 6) is 0. The van der Waals surface area contributed by atoms with Crippen molar-refractivity contribution in [3.05, 3.63) is 0 Å². The van der Waals surface area contributed by atoms with Crippen LogP contribution >= 0.6 is 0 Å². The smallest absolute Gasteiger partial charge is 0.233 e. The molecule has 0 spiro atoms. The van der Waals surface area contributed by atoms with Gasteiger partial charge in [-0.25, -0.2) is 0 Å². The number of hydrogen-bond acceptors (Lipinski definition) is 34. The first kappa shape index (κ1) is 57.6. The summed E-state index contributed by atoms with van der Waals surface area (Å²) >= 11 is 0. The van der Waals surface area contributed by atoms with Crippen molar-refractivity contribution in [1.29, 1.82) is 0 Å². The van der Waals surface area contributed by atoms with Gasteiger partial charge in [0.05, 0.1) is 75.9 Å². The summed E-state index contributed by atoms with van der Waals surface area (Å²) in [5, 5.41) is 178. The van der Waals surface area contributed by atoms with Crippen molar-refractivity contribution in [3.8, 4) is 0 Å². The Kier molecular flexibility index (Phi) is 19.3. The number of aliphatic hydroxyl groups is 16. The summed E-state index contributed by atoms with van der Waals surface area (Å²) in [6, 6.07) is -9.59. The molecule has 28 N–H and O–H groups in total. The Bertz CT molecular complexity index is 1580. The molecule has 6 saturated heterocycles. The molecule has 0 aromatic heterocycles. The lowest BCUT2D eigenvalue weighted by Crippen LogP contribution is -2.72. The molecule has 0 aliphatic carbocycles. The average molecular weight is 1030 g/mol. The second-order valence-corrected chi connectivity index (χ2v) is 17.8. The van der Waals surface area contributed by atoms with Crippen molar-refractivity contribution < 1.29 is 129 Å². The van der Waals surface area contributed by atoms with Crippen LogP contribution in [0.3, 0.4) is 0 Å². The van der Waals surface area contributed by atoms with E-state index in [1.54, 1.807) is 0 Å². The summed E-state index contributed by atoms with van der Waals surface area (Å²) in [6.07, 6.45) is -39.2. The minimum Gasteiger partial charge on any atom is -0.394 e. The van der Waals surface area contributed by atoms with E-state index < -0.39 is 223 Å². The molecule has 70 heavy (non-hydrogen) atoms. The van der Waals surface area contributed by atoms with Crippen LogP contribution in [-0.2, 0) is 47.4 Å². The average Bonchev–Trinajstić information content (AvgIpc) is 3.35. The van der Waals surface area contributed by atoms with Crippen molar-refractivity contribution in [2.45, 2.75) is 183 Å². The molecule has 0 amide bonds. The van der Waals surface area contributed by atoms with E-state index in [1.165, 1.54) is 0 Å². The maximum absolute atomic E-state index is 11.4. The highest BCUT2D eigenvalue weighted by molar-refractivity contribution is 5.05. The van der Waals surface area contributed by atoms with Gasteiger partial charge >= 0.3 is 0 Å². The van der Waals surface area contributed by atoms with E-state index in [9.17, 15) is 81.7 Å². The molecule has 0 bridgehead atoms. The maximum atomic E-state index is 11.4. The normalized spacial score (nSPS) is 53.9. The molecule has 6 aliphatic heterocycles. The Hall–Kier alpha value is -1.68. The monoisotopic (exact) mass is 1030 g/mol. The Morgan fingerprint density at radius 1 is 0.357 bits per heavy atom. The molecule has 34 heteroatoms. The molecule has 6 aliphatic rings. The second kappa shape index (κ2) is 23.5. The zero-order valence-corrected chi connectivity index (χ0v) is 37.0. The highest BCUT2D eigenvalue weighted by atomic mass is 16.8. The van der Waals surface area contributed by atoms with E-state index in [1.807, 2.05) is 0 Å². The first-order valence-electron chi connectivity index (χ1n) is 22.0. The number of rotatable bonds is 16. The molecule has 30 atom stereocenters. The van der Waals surface area contributed by atoms with Gasteiger partial charge in [0.1, 0.15) is 97.7 Å². The summed E-state index contributed by atoms with van der Waals surface area (Å²) in [5.41, 5.74) is 30.6. The lowest BCUT2D eigenvalue weighted by atomic mass is 9.91. The van der Waals surface area contributed by atoms with E-state index in [0.29, 0.717) is 0 Å². The number of azo groups is 1. The van der Waals surface area contributed by atoms with Gasteiger partial charge in [-0.2, -0.15) is 0 Å². The molecule has 6 rings (SSSR count). The quantitative estimate of drug-likeness (QED) is 0.0638. The highest BCUT2D eigenvalue weighted by Crippen LogP contribution is 2.39. The Morgan fingerprint density at radius 3 is 0.900 bits per heavy atom. The first-order chi connectivity index (χ1) is 33.0. The summed E-state index contributed by atoms with van der Waals surface area (Å²) in [7, 11) is 0. The van der Waals surface area contributed by atoms with Crippen LogP contribution in [0.2, 0.25) is 0 Å². The highest BCUT2D eigenvalue weighted by Gasteiger charge is 2.60. The molecular formula is C36H68N8O26. The van der Waals surface area contributed by atoms with Crippen molar-refractivity contribution in [2.75, 3.05) is 39.6 Å². The third-order valence-electron chi connectivity index (χ3n) is 13.3. The molecule has 34 nitrogen and oxygen atoms in total. The predicted molar refractivity (Wildman–Crippen MR) is 217 cm³/mol. The molecule has 0 saturated carbocycles. The fourth-order valence-electron chi connectivity index (χ4n) is 8.79. The molecule has 0 radical (unpaired) electrons. The molecule has 0 aromatic rings. The lowest BCUT2D eigenvalue weighted by Gasteiger charge is -2.50. The molecule has 4 unspecified atom stereocenters. The van der Waals surface area contributed by atoms with Crippen molar-refractivity contribution in [3.63, 3.8) is 0 Å². The Balaban J connectivity index is 1.19. The third kappa shape index (κ3) is 10.9. The molecule has 0 aromatic carbocycles. The lowest BCUT2D eigenvalue weighted by molar-refractivity contribution is -0.365. The van der Waals surface area contributed by atoms with Gasteiger partial charge in [0.25, 0.3) is 0 Å². The van der Waals surface area contributed by atoms with Gasteiger partial charge < -0.3 is 163 Å². The molecular weight excluding hydrogens is 960 g/mol. The van der Waals surface area contributed by atoms with E-state index in [0.717, 1.165) is 0 Å². The topological polar surface area (TPSA) is 597 Å². The maximum Gasteiger partial charge on any atom is 0.233 e. The zero-order valence-electron chi connectivity index (χ0n) is 37.0. The number of ether oxygens (including phenoxy) is 10. The van der Waals surface area contributed by atoms with E-state index in [-0.39, 0.29) is 0 Å². The van der Waals surface area contributed by atoms with Crippen LogP contribution in [0.5, 0.6) is 0 Å². The van der Waals surface area contributed by atoms with Gasteiger partial charge in [-0.05, 0) is 0 Å². The van der Waals surface area contributed by atoms with Gasteiger partial charge in [0, 0.05) is 0 Å². The minimum absolute atomic E-state index is 0.784. The standard InChI is InChI=1S/C36H68N8O26/c37-11-17(51)23(7(1-45)61-29(11)59)65-31-13(39)19(53)25(9(3-47)63-31)67-33-15(41)21(55)27(57)35(5-49,69-33)43-44-36(6-50)28(58)22(56)16(42)34(70-36)68-26-10(4-48)64-32(14(40)20(26)54)66-24-8(2-46)62-30(60)12(38)18(24)52/h7-34,45-60H,1-6,37-42H2/b44-43+/t7-,8-,9-,10-,11-,12-,13-,14-,15-,16-,17-,18-,19-,20-,21-,22-,23?,24?,25?,26?,27+,28+,29-,30-,31+,32+,33+,34+,35-,36-/m1/s1. The van der Waals surface area contributed by atoms with Crippen LogP contribution in [0.4, 0.5) is 0 Å². The van der Waals surface area contributed by atoms with Crippen LogP contribution in [0.15, 0.2) is 10.2 Å². The van der Waals surface area contributed by atoms with Crippen molar-refractivity contribution in [1.82, 2.24) is 0 Å². The molecule has 408 valence electrons. The van der Waals surface area contributed by atoms with Gasteiger partial charge in [-0.3, -0.25) is 0 Å². The van der Waals surface area contributed by atoms with Gasteiger partial charge in [-0.15, -0.1) is 10.2 Å². The SMILES string of the molecule is N[C@H]1[C@@H](OC2[C@@H](CO)O[C@@H](OC3[C@@H](CO)O[C@@H](O)[C@H](N)[C@H]3O)[C@H](N)[C@H]2O)O[C@@](CO)(/N=N/[C@]2(CO)O[C@H](OC3[C@@H](CO)O[C@@H](OC4[C@@H](CO)O[C@@H](O)[C@H](N)[C@H]4O)[C@H](N)[C@H]3O)[C@H](N)[C@@H](O)[C@@H]2O)[C@@H](O)[C@@H]1O. The fraction of sp³-hybridized carbons (Fsp3) is 1.00. The largest absolute Gasteiger partial charge is 0.394 e. The third-order valence-corrected chi connectivity index (χ3v) is 13.3. The van der Waals surface area contributed by atoms with E-state index >= 15 is 0 Å². The number of hydrogen-bond donors (Lipinski definition) is 22. The number of nitrogens with two attached hydrogens (primary N) is 6. The Labute approximate surface area is 396 Å². The van der Waals surface area contributed by atoms with E-state index in [2.05, 4.69) is 10.2 Å². The minimum atomic E-state index is -2.88. The zero-order chi connectivity index (χ0) is 51.9. The van der Waals surface area contributed by atoms with Crippen LogP contribution in [0.25, 0.3) is 0 Å². The molecule has 6 heterocycles. The summed E-state index contributed by atoms with van der Waals surface area (Å²) in [6.45, 7) is -6.27. The van der Waals surface area contributed by atoms with Crippen LogP contribution in [-0.4, -0.2) is 304 Å². The molecule has 6 fully saturated rings. The predicted octanol–water partition coefficient (Wildman–Crippen LogP) is -15.2. The first-order valence-corrected chi connectivity index (χ1v) is 22.0. The number of aliphatic hydroxyl groups excluding tert-OH is 16. The van der Waals surface area contributed by atoms with Gasteiger partial charge in [0.15, 0.2) is 37.7 Å². The summed E-state index contributed by atoms with van der Waals surface area (Å²) < 4.78 is 56.5. The van der Waals surface area contributed by atoms with E-state index in [4.69, 9.17) is 81.8 Å². The van der Waals surface area contributed by atoms with Crippen LogP contribution in [0, 0.1) is 0 Å². The summed E-state index contributed by atoms with van der Waals surface area (Å²) in [4.78, 5) is 0.